The van der Waals surface area contributed by atoms with Gasteiger partial charge in [-0.25, -0.2) is 18.0 Å². The number of carbonyl (C=O) groups excluding carboxylic acids is 2. The van der Waals surface area contributed by atoms with Crippen LogP contribution in [0.1, 0.15) is 49.3 Å². The van der Waals surface area contributed by atoms with Gasteiger partial charge in [-0.2, -0.15) is 0 Å². The summed E-state index contributed by atoms with van der Waals surface area (Å²) >= 11 is 0. The molecule has 2 aliphatic rings. The number of piperidine rings is 1. The van der Waals surface area contributed by atoms with E-state index in [4.69, 9.17) is 0 Å². The van der Waals surface area contributed by atoms with Gasteiger partial charge in [0.25, 0.3) is 5.91 Å². The van der Waals surface area contributed by atoms with Crippen molar-refractivity contribution in [3.05, 3.63) is 82.3 Å². The Kier molecular flexibility index (Phi) is 7.75. The van der Waals surface area contributed by atoms with Crippen LogP contribution >= 0.6 is 0 Å². The number of halogens is 3. The average Bonchev–Trinajstić information content (AvgIpc) is 2.84. The van der Waals surface area contributed by atoms with E-state index in [0.29, 0.717) is 18.2 Å². The quantitative estimate of drug-likeness (QED) is 0.516. The molecule has 2 heterocycles. The number of nitrogens with zero attached hydrogens (tertiary/aromatic N) is 1. The number of carbonyl (C=O) groups is 2. The second-order valence-electron chi connectivity index (χ2n) is 9.02. The number of allylic oxidation sites excluding steroid dienone is 1. The molecule has 6 nitrogen and oxygen atoms in total. The summed E-state index contributed by atoms with van der Waals surface area (Å²) in [5, 5.41) is 8.07. The highest BCUT2D eigenvalue weighted by atomic mass is 19.2. The third-order valence-corrected chi connectivity index (χ3v) is 6.66. The third-order valence-electron chi connectivity index (χ3n) is 6.66. The van der Waals surface area contributed by atoms with E-state index >= 15 is 0 Å². The second-order valence-corrected chi connectivity index (χ2v) is 9.02. The second kappa shape index (κ2) is 10.9. The predicted molar refractivity (Wildman–Crippen MR) is 126 cm³/mol. The zero-order valence-electron chi connectivity index (χ0n) is 19.5. The zero-order valence-corrected chi connectivity index (χ0v) is 19.5. The van der Waals surface area contributed by atoms with Gasteiger partial charge in [0.1, 0.15) is 5.82 Å². The summed E-state index contributed by atoms with van der Waals surface area (Å²) in [6.45, 7) is 4.75. The van der Waals surface area contributed by atoms with Gasteiger partial charge in [0.2, 0.25) is 0 Å². The average molecular weight is 487 g/mol. The van der Waals surface area contributed by atoms with Crippen molar-refractivity contribution >= 4 is 11.9 Å². The first-order valence-corrected chi connectivity index (χ1v) is 11.8. The van der Waals surface area contributed by atoms with E-state index in [9.17, 15) is 22.8 Å². The smallest absolute Gasteiger partial charge is 0.319 e. The van der Waals surface area contributed by atoms with E-state index < -0.39 is 23.7 Å². The minimum absolute atomic E-state index is 0.221. The molecule has 1 atom stereocenters. The van der Waals surface area contributed by atoms with Crippen molar-refractivity contribution in [3.63, 3.8) is 0 Å². The molecule has 3 amide bonds. The van der Waals surface area contributed by atoms with Crippen LogP contribution in [0.15, 0.2) is 53.7 Å². The monoisotopic (exact) mass is 486 g/mol. The van der Waals surface area contributed by atoms with Gasteiger partial charge in [0, 0.05) is 12.2 Å². The number of likely N-dealkylation sites (tertiary alicyclic amines) is 1. The Hall–Kier alpha value is -3.33. The summed E-state index contributed by atoms with van der Waals surface area (Å²) in [6, 6.07) is 8.64. The number of hydrogen-bond acceptors (Lipinski definition) is 3. The van der Waals surface area contributed by atoms with Crippen molar-refractivity contribution in [1.82, 2.24) is 20.9 Å². The molecular weight excluding hydrogens is 457 g/mol. The van der Waals surface area contributed by atoms with Crippen molar-refractivity contribution in [1.29, 1.82) is 0 Å². The van der Waals surface area contributed by atoms with Crippen LogP contribution in [-0.2, 0) is 4.79 Å². The van der Waals surface area contributed by atoms with Crippen LogP contribution in [0.5, 0.6) is 0 Å². The normalized spacial score (nSPS) is 19.3. The van der Waals surface area contributed by atoms with Gasteiger partial charge in [-0.1, -0.05) is 18.2 Å². The Balaban J connectivity index is 1.28. The van der Waals surface area contributed by atoms with E-state index in [1.54, 1.807) is 6.92 Å². The van der Waals surface area contributed by atoms with Gasteiger partial charge >= 0.3 is 6.03 Å². The van der Waals surface area contributed by atoms with E-state index in [2.05, 4.69) is 20.9 Å². The molecule has 3 N–H and O–H groups in total. The number of benzene rings is 2. The van der Waals surface area contributed by atoms with Gasteiger partial charge in [0.05, 0.1) is 11.6 Å². The van der Waals surface area contributed by atoms with Crippen molar-refractivity contribution in [2.45, 2.75) is 38.1 Å². The van der Waals surface area contributed by atoms with Crippen molar-refractivity contribution < 1.29 is 22.8 Å². The number of nitrogens with one attached hydrogen (secondary N) is 3. The first-order chi connectivity index (χ1) is 16.8. The third kappa shape index (κ3) is 6.03. The van der Waals surface area contributed by atoms with Crippen LogP contribution in [0.2, 0.25) is 0 Å². The van der Waals surface area contributed by atoms with Crippen LogP contribution in [0.25, 0.3) is 0 Å². The fourth-order valence-electron chi connectivity index (χ4n) is 4.76. The Bertz CT molecular complexity index is 1110. The Morgan fingerprint density at radius 2 is 1.71 bits per heavy atom. The van der Waals surface area contributed by atoms with Crippen LogP contribution in [0, 0.1) is 17.5 Å². The maximum absolute atomic E-state index is 13.8. The highest BCUT2D eigenvalue weighted by molar-refractivity contribution is 5.98. The molecule has 2 aromatic rings. The van der Waals surface area contributed by atoms with Crippen molar-refractivity contribution in [2.75, 3.05) is 26.2 Å². The minimum atomic E-state index is -1.05. The summed E-state index contributed by atoms with van der Waals surface area (Å²) in [7, 11) is 0. The molecule has 0 radical (unpaired) electrons. The fraction of sp³-hybridized carbons (Fsp3) is 0.385. The molecule has 0 unspecified atom stereocenters. The van der Waals surface area contributed by atoms with Gasteiger partial charge < -0.3 is 20.9 Å². The molecule has 4 rings (SSSR count). The Morgan fingerprint density at radius 3 is 2.40 bits per heavy atom. The summed E-state index contributed by atoms with van der Waals surface area (Å²) in [5.41, 5.74) is 2.08. The van der Waals surface area contributed by atoms with E-state index in [1.807, 2.05) is 12.1 Å². The molecule has 2 aliphatic heterocycles. The molecule has 0 aliphatic carbocycles. The number of hydrogen-bond donors (Lipinski definition) is 3. The molecule has 186 valence electrons. The molecule has 0 bridgehead atoms. The lowest BCUT2D eigenvalue weighted by atomic mass is 9.89. The standard InChI is InChI=1S/C26H29F3N4O2/c1-16-23(24(32-26(35)31-16)19-5-8-21(28)22(29)15-19)25(34)30-11-2-12-33-13-9-18(10-14-33)17-3-6-20(27)7-4-17/h3-8,15,18,24H,2,9-14H2,1H3,(H,30,34)(H2,31,32,35)/t24-/m1/s1. The highest BCUT2D eigenvalue weighted by Crippen LogP contribution is 2.29. The zero-order chi connectivity index (χ0) is 24.9. The molecule has 2 aromatic carbocycles. The van der Waals surface area contributed by atoms with Gasteiger partial charge in [-0.05, 0) is 87.1 Å². The molecule has 0 spiro atoms. The fourth-order valence-corrected chi connectivity index (χ4v) is 4.76. The van der Waals surface area contributed by atoms with Crippen LogP contribution < -0.4 is 16.0 Å². The van der Waals surface area contributed by atoms with Gasteiger partial charge in [-0.3, -0.25) is 4.79 Å². The highest BCUT2D eigenvalue weighted by Gasteiger charge is 2.31. The summed E-state index contributed by atoms with van der Waals surface area (Å²) < 4.78 is 40.3. The first-order valence-electron chi connectivity index (χ1n) is 11.8. The number of urea groups is 1. The number of rotatable bonds is 7. The SMILES string of the molecule is CC1=C(C(=O)NCCCN2CCC(c3ccc(F)cc3)CC2)[C@@H](c2ccc(F)c(F)c2)NC(=O)N1. The molecule has 0 aromatic heterocycles. The number of amides is 3. The molecule has 1 fully saturated rings. The van der Waals surface area contributed by atoms with Gasteiger partial charge in [0.15, 0.2) is 11.6 Å². The molecule has 9 heteroatoms. The van der Waals surface area contributed by atoms with Crippen LogP contribution in [-0.4, -0.2) is 43.0 Å². The van der Waals surface area contributed by atoms with Crippen molar-refractivity contribution in [2.24, 2.45) is 0 Å². The molecular formula is C26H29F3N4O2. The molecule has 0 saturated carbocycles. The first kappa shape index (κ1) is 24.8. The maximum Gasteiger partial charge on any atom is 0.319 e. The lowest BCUT2D eigenvalue weighted by Gasteiger charge is -2.32. The van der Waals surface area contributed by atoms with Crippen molar-refractivity contribution in [3.8, 4) is 0 Å². The van der Waals surface area contributed by atoms with Gasteiger partial charge in [-0.15, -0.1) is 0 Å². The predicted octanol–water partition coefficient (Wildman–Crippen LogP) is 4.12. The summed E-state index contributed by atoms with van der Waals surface area (Å²) in [5.74, 6) is -2.21. The lowest BCUT2D eigenvalue weighted by Crippen LogP contribution is -2.47. The van der Waals surface area contributed by atoms with Crippen LogP contribution in [0.4, 0.5) is 18.0 Å². The molecule has 1 saturated heterocycles. The van der Waals surface area contributed by atoms with E-state index in [-0.39, 0.29) is 22.9 Å². The van der Waals surface area contributed by atoms with E-state index in [1.165, 1.54) is 23.8 Å². The molecule has 35 heavy (non-hydrogen) atoms. The lowest BCUT2D eigenvalue weighted by molar-refractivity contribution is -0.118. The summed E-state index contributed by atoms with van der Waals surface area (Å²) in [4.78, 5) is 27.3. The van der Waals surface area contributed by atoms with E-state index in [0.717, 1.165) is 51.0 Å². The Morgan fingerprint density at radius 1 is 1.03 bits per heavy atom. The minimum Gasteiger partial charge on any atom is -0.352 e. The maximum atomic E-state index is 13.8. The largest absolute Gasteiger partial charge is 0.352 e. The topological polar surface area (TPSA) is 73.5 Å². The van der Waals surface area contributed by atoms with Crippen LogP contribution in [0.3, 0.4) is 0 Å². The summed E-state index contributed by atoms with van der Waals surface area (Å²) in [6.07, 6.45) is 2.76. The Labute approximate surface area is 202 Å².